The Morgan fingerprint density at radius 3 is 2.53 bits per heavy atom. The van der Waals surface area contributed by atoms with E-state index in [1.165, 1.54) is 0 Å². The van der Waals surface area contributed by atoms with Gasteiger partial charge in [0.05, 0.1) is 5.56 Å². The molecule has 0 bridgehead atoms. The van der Waals surface area contributed by atoms with E-state index in [0.29, 0.717) is 17.8 Å². The molecule has 0 radical (unpaired) electrons. The Hall–Kier alpha value is -2.16. The summed E-state index contributed by atoms with van der Waals surface area (Å²) in [6, 6.07) is 13.2. The lowest BCUT2D eigenvalue weighted by atomic mass is 10.0. The van der Waals surface area contributed by atoms with Crippen LogP contribution in [-0.4, -0.2) is 10.8 Å². The molecule has 0 aliphatic rings. The summed E-state index contributed by atoms with van der Waals surface area (Å²) < 4.78 is 0. The van der Waals surface area contributed by atoms with Crippen molar-refractivity contribution in [3.05, 3.63) is 59.3 Å². The minimum Gasteiger partial charge on any atom is -0.383 e. The van der Waals surface area contributed by atoms with Crippen molar-refractivity contribution >= 4 is 11.6 Å². The van der Waals surface area contributed by atoms with Crippen LogP contribution in [0.5, 0.6) is 0 Å². The first kappa shape index (κ1) is 11.3. The van der Waals surface area contributed by atoms with Gasteiger partial charge in [-0.2, -0.15) is 0 Å². The van der Waals surface area contributed by atoms with Crippen LogP contribution in [0.3, 0.4) is 0 Å². The quantitative estimate of drug-likeness (QED) is 0.817. The second-order valence-electron chi connectivity index (χ2n) is 3.97. The van der Waals surface area contributed by atoms with Crippen LogP contribution < -0.4 is 5.73 Å². The number of nitrogens with two attached hydrogens (primary N) is 1. The highest BCUT2D eigenvalue weighted by molar-refractivity contribution is 6.01. The highest BCUT2D eigenvalue weighted by Crippen LogP contribution is 2.13. The number of hydrogen-bond donors (Lipinski definition) is 1. The van der Waals surface area contributed by atoms with Gasteiger partial charge >= 0.3 is 0 Å². The standard InChI is InChI=1S/C14H14N2O/c1-10-7-8-12(14(15)16-10)13(17)9-11-5-3-2-4-6-11/h2-8H,9H2,1H3,(H2,15,16). The average molecular weight is 226 g/mol. The zero-order valence-corrected chi connectivity index (χ0v) is 9.68. The summed E-state index contributed by atoms with van der Waals surface area (Å²) >= 11 is 0. The van der Waals surface area contributed by atoms with Crippen LogP contribution in [0.2, 0.25) is 0 Å². The Labute approximate surface area is 100 Å². The van der Waals surface area contributed by atoms with Crippen molar-refractivity contribution in [3.63, 3.8) is 0 Å². The third kappa shape index (κ3) is 2.69. The molecule has 2 rings (SSSR count). The minimum absolute atomic E-state index is 0.00111. The number of aromatic nitrogens is 1. The first-order chi connectivity index (χ1) is 8.16. The van der Waals surface area contributed by atoms with E-state index < -0.39 is 0 Å². The molecule has 3 nitrogen and oxygen atoms in total. The summed E-state index contributed by atoms with van der Waals surface area (Å²) in [4.78, 5) is 16.1. The molecule has 0 spiro atoms. The van der Waals surface area contributed by atoms with Gasteiger partial charge in [-0.1, -0.05) is 30.3 Å². The van der Waals surface area contributed by atoms with Crippen molar-refractivity contribution in [1.82, 2.24) is 4.98 Å². The fourth-order valence-corrected chi connectivity index (χ4v) is 1.69. The largest absolute Gasteiger partial charge is 0.383 e. The third-order valence-corrected chi connectivity index (χ3v) is 2.57. The number of nitrogens with zero attached hydrogens (tertiary/aromatic N) is 1. The zero-order valence-electron chi connectivity index (χ0n) is 9.68. The van der Waals surface area contributed by atoms with Crippen LogP contribution in [0.25, 0.3) is 0 Å². The molecule has 86 valence electrons. The van der Waals surface area contributed by atoms with Crippen molar-refractivity contribution < 1.29 is 4.79 Å². The lowest BCUT2D eigenvalue weighted by Crippen LogP contribution is -2.08. The number of carbonyl (C=O) groups excluding carboxylic acids is 1. The maximum absolute atomic E-state index is 12.0. The maximum Gasteiger partial charge on any atom is 0.170 e. The van der Waals surface area contributed by atoms with E-state index in [9.17, 15) is 4.79 Å². The number of anilines is 1. The van der Waals surface area contributed by atoms with Crippen LogP contribution in [0.1, 0.15) is 21.6 Å². The van der Waals surface area contributed by atoms with Gasteiger partial charge in [-0.05, 0) is 24.6 Å². The summed E-state index contributed by atoms with van der Waals surface area (Å²) in [6.45, 7) is 1.85. The maximum atomic E-state index is 12.0. The second-order valence-corrected chi connectivity index (χ2v) is 3.97. The molecule has 3 heteroatoms. The van der Waals surface area contributed by atoms with Crippen molar-refractivity contribution in [3.8, 4) is 0 Å². The lowest BCUT2D eigenvalue weighted by Gasteiger charge is -2.05. The Balaban J connectivity index is 2.21. The number of pyridine rings is 1. The van der Waals surface area contributed by atoms with E-state index in [0.717, 1.165) is 11.3 Å². The fraction of sp³-hybridized carbons (Fsp3) is 0.143. The van der Waals surface area contributed by atoms with Crippen LogP contribution in [0.4, 0.5) is 5.82 Å². The van der Waals surface area contributed by atoms with E-state index >= 15 is 0 Å². The summed E-state index contributed by atoms with van der Waals surface area (Å²) in [5.74, 6) is 0.312. The molecule has 0 fully saturated rings. The summed E-state index contributed by atoms with van der Waals surface area (Å²) in [5.41, 5.74) is 8.05. The van der Waals surface area contributed by atoms with Gasteiger partial charge in [-0.25, -0.2) is 4.98 Å². The van der Waals surface area contributed by atoms with Crippen LogP contribution in [0, 0.1) is 6.92 Å². The molecule has 1 aromatic heterocycles. The normalized spacial score (nSPS) is 10.2. The molecule has 0 amide bonds. The zero-order chi connectivity index (χ0) is 12.3. The molecule has 0 atom stereocenters. The molecule has 0 saturated heterocycles. The van der Waals surface area contributed by atoms with Gasteiger partial charge in [-0.15, -0.1) is 0 Å². The SMILES string of the molecule is Cc1ccc(C(=O)Cc2ccccc2)c(N)n1. The molecule has 0 saturated carbocycles. The van der Waals surface area contributed by atoms with Crippen molar-refractivity contribution in [1.29, 1.82) is 0 Å². The first-order valence-electron chi connectivity index (χ1n) is 5.47. The van der Waals surface area contributed by atoms with Crippen LogP contribution in [-0.2, 0) is 6.42 Å². The Morgan fingerprint density at radius 2 is 1.88 bits per heavy atom. The van der Waals surface area contributed by atoms with Gasteiger partial charge < -0.3 is 5.73 Å². The molecule has 1 aromatic carbocycles. The van der Waals surface area contributed by atoms with Crippen LogP contribution >= 0.6 is 0 Å². The second kappa shape index (κ2) is 4.78. The molecule has 0 unspecified atom stereocenters. The van der Waals surface area contributed by atoms with Crippen molar-refractivity contribution in [2.75, 3.05) is 5.73 Å². The fourth-order valence-electron chi connectivity index (χ4n) is 1.69. The molecule has 2 N–H and O–H groups in total. The lowest BCUT2D eigenvalue weighted by molar-refractivity contribution is 0.0993. The molecule has 0 aliphatic heterocycles. The number of ketones is 1. The number of nitrogen functional groups attached to an aromatic ring is 1. The predicted octanol–water partition coefficient (Wildman–Crippen LogP) is 2.40. The number of Topliss-reactive ketones (excluding diaryl/α,β-unsaturated/α-hetero) is 1. The summed E-state index contributed by atoms with van der Waals surface area (Å²) in [7, 11) is 0. The highest BCUT2D eigenvalue weighted by atomic mass is 16.1. The third-order valence-electron chi connectivity index (χ3n) is 2.57. The van der Waals surface area contributed by atoms with E-state index in [1.807, 2.05) is 37.3 Å². The van der Waals surface area contributed by atoms with E-state index in [2.05, 4.69) is 4.98 Å². The Kier molecular flexibility index (Phi) is 3.19. The number of hydrogen-bond acceptors (Lipinski definition) is 3. The number of benzene rings is 1. The molecule has 0 aliphatic carbocycles. The average Bonchev–Trinajstić information content (AvgIpc) is 2.30. The summed E-state index contributed by atoms with van der Waals surface area (Å²) in [6.07, 6.45) is 0.357. The molecule has 1 heterocycles. The van der Waals surface area contributed by atoms with Crippen molar-refractivity contribution in [2.45, 2.75) is 13.3 Å². The predicted molar refractivity (Wildman–Crippen MR) is 67.9 cm³/mol. The van der Waals surface area contributed by atoms with Gasteiger partial charge in [0.15, 0.2) is 5.78 Å². The molecular weight excluding hydrogens is 212 g/mol. The van der Waals surface area contributed by atoms with E-state index in [1.54, 1.807) is 12.1 Å². The number of aryl methyl sites for hydroxylation is 1. The monoisotopic (exact) mass is 226 g/mol. The van der Waals surface area contributed by atoms with Gasteiger partial charge in [0.2, 0.25) is 0 Å². The number of carbonyl (C=O) groups is 1. The van der Waals surface area contributed by atoms with Gasteiger partial charge in [-0.3, -0.25) is 4.79 Å². The van der Waals surface area contributed by atoms with Gasteiger partial charge in [0.25, 0.3) is 0 Å². The molecule has 2 aromatic rings. The summed E-state index contributed by atoms with van der Waals surface area (Å²) in [5, 5.41) is 0. The minimum atomic E-state index is 0.00111. The Bertz CT molecular complexity index is 535. The van der Waals surface area contributed by atoms with Gasteiger partial charge in [0.1, 0.15) is 5.82 Å². The molecular formula is C14H14N2O. The highest BCUT2D eigenvalue weighted by Gasteiger charge is 2.11. The van der Waals surface area contributed by atoms with E-state index in [-0.39, 0.29) is 5.78 Å². The van der Waals surface area contributed by atoms with Gasteiger partial charge in [0, 0.05) is 12.1 Å². The molecule has 17 heavy (non-hydrogen) atoms. The van der Waals surface area contributed by atoms with Crippen LogP contribution in [0.15, 0.2) is 42.5 Å². The van der Waals surface area contributed by atoms with Crippen molar-refractivity contribution in [2.24, 2.45) is 0 Å². The smallest absolute Gasteiger partial charge is 0.170 e. The van der Waals surface area contributed by atoms with E-state index in [4.69, 9.17) is 5.73 Å². The Morgan fingerprint density at radius 1 is 1.18 bits per heavy atom. The first-order valence-corrected chi connectivity index (χ1v) is 5.47. The number of rotatable bonds is 3. The topological polar surface area (TPSA) is 56.0 Å².